The van der Waals surface area contributed by atoms with Crippen molar-refractivity contribution in [2.75, 3.05) is 32.8 Å². The first-order chi connectivity index (χ1) is 15.4. The lowest BCUT2D eigenvalue weighted by Gasteiger charge is -2.16. The lowest BCUT2D eigenvalue weighted by Crippen LogP contribution is -2.32. The number of methoxy groups -OCH3 is 2. The van der Waals surface area contributed by atoms with Crippen LogP contribution in [0.1, 0.15) is 20.8 Å². The van der Waals surface area contributed by atoms with E-state index >= 15 is 0 Å². The highest BCUT2D eigenvalue weighted by molar-refractivity contribution is 6.35. The second-order valence-corrected chi connectivity index (χ2v) is 6.75. The lowest BCUT2D eigenvalue weighted by atomic mass is 10.2. The smallest absolute Gasteiger partial charge is 0.258 e. The summed E-state index contributed by atoms with van der Waals surface area (Å²) in [6, 6.07) is 6.77. The van der Waals surface area contributed by atoms with Crippen molar-refractivity contribution in [2.24, 2.45) is 10.2 Å². The van der Waals surface area contributed by atoms with Crippen LogP contribution in [-0.2, 0) is 9.59 Å². The molecule has 0 radical (unpaired) electrons. The first-order valence-electron chi connectivity index (χ1n) is 9.88. The Balaban J connectivity index is 2.33. The number of Topliss-reactive ketones (excluding diaryl/α,β-unsaturated/α-hetero) is 1. The molecule has 0 spiro atoms. The van der Waals surface area contributed by atoms with Gasteiger partial charge in [-0.15, -0.1) is 0 Å². The number of halogens is 1. The third kappa shape index (κ3) is 6.10. The number of azo groups is 1. The maximum Gasteiger partial charge on any atom is 0.258 e. The van der Waals surface area contributed by atoms with Crippen molar-refractivity contribution in [3.05, 3.63) is 35.4 Å². The number of amides is 1. The van der Waals surface area contributed by atoms with Crippen molar-refractivity contribution in [3.8, 4) is 23.0 Å². The summed E-state index contributed by atoms with van der Waals surface area (Å²) in [5.74, 6) is 0.428. The van der Waals surface area contributed by atoms with Gasteiger partial charge in [-0.05, 0) is 45.0 Å². The molecule has 10 heteroatoms. The summed E-state index contributed by atoms with van der Waals surface area (Å²) in [4.78, 5) is 25.0. The Labute approximate surface area is 191 Å². The summed E-state index contributed by atoms with van der Waals surface area (Å²) in [7, 11) is 2.87. The minimum absolute atomic E-state index is 0.129. The number of carbonyl (C=O) groups excluding carboxylic acids is 2. The van der Waals surface area contributed by atoms with Gasteiger partial charge in [0.2, 0.25) is 6.04 Å². The molecule has 172 valence electrons. The average molecular weight is 464 g/mol. The average Bonchev–Trinajstić information content (AvgIpc) is 2.76. The van der Waals surface area contributed by atoms with Crippen molar-refractivity contribution in [2.45, 2.75) is 26.8 Å². The molecule has 0 aliphatic heterocycles. The van der Waals surface area contributed by atoms with Crippen LogP contribution in [0.4, 0.5) is 11.4 Å². The molecule has 2 aromatic rings. The minimum Gasteiger partial charge on any atom is -0.495 e. The number of ether oxygens (including phenoxy) is 4. The molecule has 0 aromatic heterocycles. The van der Waals surface area contributed by atoms with E-state index in [1.807, 2.05) is 13.8 Å². The van der Waals surface area contributed by atoms with Crippen LogP contribution in [0.15, 0.2) is 40.6 Å². The number of ketones is 1. The molecule has 0 aliphatic rings. The SMILES string of the molecule is CCOc1ccc(N=NC(C(C)=O)C(=O)Nc2c(OC)ccc(OC)c2Cl)c(OCC)c1. The molecule has 0 fully saturated rings. The van der Waals surface area contributed by atoms with Gasteiger partial charge in [0.15, 0.2) is 5.78 Å². The molecule has 1 unspecified atom stereocenters. The van der Waals surface area contributed by atoms with E-state index in [9.17, 15) is 9.59 Å². The standard InChI is InChI=1S/C22H26ClN3O6/c1-6-31-14-8-9-15(18(12-14)32-7-2)25-26-20(13(3)27)22(28)24-21-17(30-5)11-10-16(29-4)19(21)23/h8-12,20H,6-7H2,1-5H3,(H,24,28). The first-order valence-corrected chi connectivity index (χ1v) is 10.3. The van der Waals surface area contributed by atoms with Crippen molar-refractivity contribution >= 4 is 34.7 Å². The van der Waals surface area contributed by atoms with Crippen LogP contribution in [0.2, 0.25) is 5.02 Å². The summed E-state index contributed by atoms with van der Waals surface area (Å²) in [6.07, 6.45) is 0. The minimum atomic E-state index is -1.41. The van der Waals surface area contributed by atoms with Crippen LogP contribution < -0.4 is 24.3 Å². The molecule has 9 nitrogen and oxygen atoms in total. The molecular weight excluding hydrogens is 438 g/mol. The number of nitrogens with zero attached hydrogens (tertiary/aromatic N) is 2. The van der Waals surface area contributed by atoms with Crippen LogP contribution in [0, 0.1) is 0 Å². The van der Waals surface area contributed by atoms with E-state index in [-0.39, 0.29) is 10.7 Å². The molecule has 0 aliphatic carbocycles. The van der Waals surface area contributed by atoms with E-state index in [1.54, 1.807) is 30.3 Å². The summed E-state index contributed by atoms with van der Waals surface area (Å²) >= 11 is 6.30. The zero-order valence-corrected chi connectivity index (χ0v) is 19.4. The molecule has 0 saturated heterocycles. The Bertz CT molecular complexity index is 996. The van der Waals surface area contributed by atoms with Crippen molar-refractivity contribution in [1.29, 1.82) is 0 Å². The van der Waals surface area contributed by atoms with Gasteiger partial charge in [-0.3, -0.25) is 9.59 Å². The second-order valence-electron chi connectivity index (χ2n) is 6.37. The maximum absolute atomic E-state index is 12.9. The fourth-order valence-electron chi connectivity index (χ4n) is 2.72. The van der Waals surface area contributed by atoms with Crippen LogP contribution in [0.3, 0.4) is 0 Å². The highest BCUT2D eigenvalue weighted by Crippen LogP contribution is 2.39. The van der Waals surface area contributed by atoms with Gasteiger partial charge >= 0.3 is 0 Å². The van der Waals surface area contributed by atoms with Gasteiger partial charge in [0.25, 0.3) is 5.91 Å². The van der Waals surface area contributed by atoms with E-state index in [0.717, 1.165) is 0 Å². The van der Waals surface area contributed by atoms with E-state index in [2.05, 4.69) is 15.5 Å². The molecule has 0 saturated carbocycles. The highest BCUT2D eigenvalue weighted by atomic mass is 35.5. The quantitative estimate of drug-likeness (QED) is 0.377. The topological polar surface area (TPSA) is 108 Å². The summed E-state index contributed by atoms with van der Waals surface area (Å²) < 4.78 is 21.5. The molecule has 32 heavy (non-hydrogen) atoms. The van der Waals surface area contributed by atoms with Gasteiger partial charge in [0, 0.05) is 6.07 Å². The Hall–Kier alpha value is -3.33. The van der Waals surface area contributed by atoms with Crippen LogP contribution in [-0.4, -0.2) is 45.2 Å². The van der Waals surface area contributed by atoms with Crippen molar-refractivity contribution < 1.29 is 28.5 Å². The molecular formula is C22H26ClN3O6. The van der Waals surface area contributed by atoms with Crippen molar-refractivity contribution in [3.63, 3.8) is 0 Å². The second kappa shape index (κ2) is 11.9. The van der Waals surface area contributed by atoms with E-state index in [1.165, 1.54) is 21.1 Å². The van der Waals surface area contributed by atoms with E-state index in [0.29, 0.717) is 41.9 Å². The third-order valence-corrected chi connectivity index (χ3v) is 4.59. The predicted octanol–water partition coefficient (Wildman–Crippen LogP) is 4.83. The third-order valence-electron chi connectivity index (χ3n) is 4.21. The van der Waals surface area contributed by atoms with Crippen molar-refractivity contribution in [1.82, 2.24) is 0 Å². The van der Waals surface area contributed by atoms with E-state index in [4.69, 9.17) is 30.5 Å². The highest BCUT2D eigenvalue weighted by Gasteiger charge is 2.26. The fourth-order valence-corrected chi connectivity index (χ4v) is 3.00. The number of hydrogen-bond acceptors (Lipinski definition) is 8. The van der Waals surface area contributed by atoms with Gasteiger partial charge < -0.3 is 24.3 Å². The van der Waals surface area contributed by atoms with Gasteiger partial charge in [-0.2, -0.15) is 10.2 Å². The lowest BCUT2D eigenvalue weighted by molar-refractivity contribution is -0.126. The maximum atomic E-state index is 12.9. The van der Waals surface area contributed by atoms with Crippen LogP contribution in [0.25, 0.3) is 0 Å². The monoisotopic (exact) mass is 463 g/mol. The molecule has 1 N–H and O–H groups in total. The van der Waals surface area contributed by atoms with Crippen LogP contribution >= 0.6 is 11.6 Å². The van der Waals surface area contributed by atoms with Gasteiger partial charge in [0.05, 0.1) is 27.4 Å². The molecule has 2 aromatic carbocycles. The van der Waals surface area contributed by atoms with E-state index < -0.39 is 17.7 Å². The number of carbonyl (C=O) groups is 2. The Kier molecular flexibility index (Phi) is 9.27. The van der Waals surface area contributed by atoms with Gasteiger partial charge in [-0.25, -0.2) is 0 Å². The number of nitrogens with one attached hydrogen (secondary N) is 1. The normalized spacial score (nSPS) is 11.7. The molecule has 0 heterocycles. The number of benzene rings is 2. The molecule has 1 atom stereocenters. The van der Waals surface area contributed by atoms with Gasteiger partial charge in [0.1, 0.15) is 39.4 Å². The Morgan fingerprint density at radius 1 is 1.00 bits per heavy atom. The molecule has 2 rings (SSSR count). The zero-order chi connectivity index (χ0) is 23.7. The fraction of sp³-hybridized carbons (Fsp3) is 0.364. The zero-order valence-electron chi connectivity index (χ0n) is 18.6. The summed E-state index contributed by atoms with van der Waals surface area (Å²) in [6.45, 7) is 5.83. The Morgan fingerprint density at radius 2 is 1.66 bits per heavy atom. The summed E-state index contributed by atoms with van der Waals surface area (Å²) in [5, 5.41) is 10.8. The van der Waals surface area contributed by atoms with Crippen LogP contribution in [0.5, 0.6) is 23.0 Å². The number of hydrogen-bond donors (Lipinski definition) is 1. The molecule has 0 bridgehead atoms. The Morgan fingerprint density at radius 3 is 2.25 bits per heavy atom. The molecule has 1 amide bonds. The summed E-state index contributed by atoms with van der Waals surface area (Å²) in [5.41, 5.74) is 0.516. The largest absolute Gasteiger partial charge is 0.495 e. The van der Waals surface area contributed by atoms with Gasteiger partial charge in [-0.1, -0.05) is 11.6 Å². The number of rotatable bonds is 11. The predicted molar refractivity (Wildman–Crippen MR) is 121 cm³/mol. The number of anilines is 1. The first kappa shape index (κ1) is 24.9.